The number of hydrogen-bond donors (Lipinski definition) is 0. The molecule has 0 radical (unpaired) electrons. The lowest BCUT2D eigenvalue weighted by Crippen LogP contribution is -2.04. The van der Waals surface area contributed by atoms with Crippen LogP contribution in [0, 0.1) is 11.8 Å². The average Bonchev–Trinajstić information content (AvgIpc) is 2.22. The van der Waals surface area contributed by atoms with Crippen LogP contribution in [0.3, 0.4) is 0 Å². The van der Waals surface area contributed by atoms with Gasteiger partial charge in [-0.3, -0.25) is 0 Å². The molecular weight excluding hydrogens is 200 g/mol. The van der Waals surface area contributed by atoms with Crippen LogP contribution in [0.4, 0.5) is 0 Å². The molecule has 0 amide bonds. The molecule has 2 nitrogen and oxygen atoms in total. The molecule has 0 bridgehead atoms. The highest BCUT2D eigenvalue weighted by atomic mass is 16.5. The molecule has 1 unspecified atom stereocenters. The zero-order chi connectivity index (χ0) is 12.6. The molecule has 0 aliphatic carbocycles. The van der Waals surface area contributed by atoms with E-state index < -0.39 is 0 Å². The van der Waals surface area contributed by atoms with Gasteiger partial charge in [-0.15, -0.1) is 0 Å². The van der Waals surface area contributed by atoms with Gasteiger partial charge in [0.05, 0.1) is 12.7 Å². The maximum Gasteiger partial charge on any atom is 0.337 e. The molecule has 0 saturated carbocycles. The first-order chi connectivity index (χ1) is 7.51. The minimum atomic E-state index is -0.255. The largest absolute Gasteiger partial charge is 0.465 e. The SMILES string of the molecule is C/C=C\C(=C/CC(C)CC(C)C)C(=O)OC. The van der Waals surface area contributed by atoms with Gasteiger partial charge in [-0.2, -0.15) is 0 Å². The zero-order valence-corrected chi connectivity index (χ0v) is 11.1. The van der Waals surface area contributed by atoms with E-state index in [2.05, 4.69) is 20.8 Å². The standard InChI is InChI=1S/C14H24O2/c1-6-7-13(14(15)16-5)9-8-12(4)10-11(2)3/h6-7,9,11-12H,8,10H2,1-5H3/b7-6-,13-9+. The molecule has 0 saturated heterocycles. The van der Waals surface area contributed by atoms with E-state index in [0.717, 1.165) is 6.42 Å². The summed E-state index contributed by atoms with van der Waals surface area (Å²) >= 11 is 0. The van der Waals surface area contributed by atoms with Crippen LogP contribution in [0.1, 0.15) is 40.5 Å². The van der Waals surface area contributed by atoms with Gasteiger partial charge in [0.1, 0.15) is 0 Å². The van der Waals surface area contributed by atoms with Gasteiger partial charge in [-0.25, -0.2) is 4.79 Å². The van der Waals surface area contributed by atoms with Gasteiger partial charge in [0.2, 0.25) is 0 Å². The molecule has 16 heavy (non-hydrogen) atoms. The van der Waals surface area contributed by atoms with Crippen LogP contribution in [-0.4, -0.2) is 13.1 Å². The van der Waals surface area contributed by atoms with Crippen LogP contribution in [0.2, 0.25) is 0 Å². The molecule has 0 spiro atoms. The Balaban J connectivity index is 4.39. The topological polar surface area (TPSA) is 26.3 Å². The van der Waals surface area contributed by atoms with Crippen molar-refractivity contribution in [2.45, 2.75) is 40.5 Å². The van der Waals surface area contributed by atoms with Crippen molar-refractivity contribution in [1.29, 1.82) is 0 Å². The van der Waals surface area contributed by atoms with Crippen molar-refractivity contribution >= 4 is 5.97 Å². The van der Waals surface area contributed by atoms with Crippen molar-refractivity contribution in [3.8, 4) is 0 Å². The Kier molecular flexibility index (Phi) is 7.61. The van der Waals surface area contributed by atoms with Gasteiger partial charge in [-0.1, -0.05) is 39.0 Å². The number of esters is 1. The molecule has 92 valence electrons. The Bertz CT molecular complexity index is 262. The Morgan fingerprint density at radius 2 is 1.94 bits per heavy atom. The van der Waals surface area contributed by atoms with E-state index in [1.54, 1.807) is 6.08 Å². The fraction of sp³-hybridized carbons (Fsp3) is 0.643. The lowest BCUT2D eigenvalue weighted by atomic mass is 9.95. The highest BCUT2D eigenvalue weighted by Crippen LogP contribution is 2.16. The van der Waals surface area contributed by atoms with Crippen LogP contribution in [0.5, 0.6) is 0 Å². The van der Waals surface area contributed by atoms with Gasteiger partial charge in [0.15, 0.2) is 0 Å². The summed E-state index contributed by atoms with van der Waals surface area (Å²) in [6, 6.07) is 0. The van der Waals surface area contributed by atoms with Crippen molar-refractivity contribution in [3.05, 3.63) is 23.8 Å². The summed E-state index contributed by atoms with van der Waals surface area (Å²) < 4.78 is 4.72. The summed E-state index contributed by atoms with van der Waals surface area (Å²) in [5, 5.41) is 0. The third kappa shape index (κ3) is 6.44. The maximum absolute atomic E-state index is 11.4. The van der Waals surface area contributed by atoms with Crippen molar-refractivity contribution in [2.24, 2.45) is 11.8 Å². The Hall–Kier alpha value is -1.05. The molecule has 0 fully saturated rings. The summed E-state index contributed by atoms with van der Waals surface area (Å²) in [4.78, 5) is 11.4. The van der Waals surface area contributed by atoms with Crippen molar-refractivity contribution in [3.63, 3.8) is 0 Å². The van der Waals surface area contributed by atoms with E-state index in [1.807, 2.05) is 19.1 Å². The highest BCUT2D eigenvalue weighted by Gasteiger charge is 2.08. The fourth-order valence-electron chi connectivity index (χ4n) is 1.75. The van der Waals surface area contributed by atoms with E-state index in [4.69, 9.17) is 4.74 Å². The third-order valence-corrected chi connectivity index (χ3v) is 2.38. The first-order valence-corrected chi connectivity index (χ1v) is 5.92. The smallest absolute Gasteiger partial charge is 0.337 e. The van der Waals surface area contributed by atoms with E-state index in [0.29, 0.717) is 17.4 Å². The third-order valence-electron chi connectivity index (χ3n) is 2.38. The summed E-state index contributed by atoms with van der Waals surface area (Å²) in [7, 11) is 1.41. The molecule has 0 aromatic carbocycles. The van der Waals surface area contributed by atoms with E-state index in [-0.39, 0.29) is 5.97 Å². The minimum Gasteiger partial charge on any atom is -0.465 e. The van der Waals surface area contributed by atoms with Gasteiger partial charge in [-0.05, 0) is 31.6 Å². The lowest BCUT2D eigenvalue weighted by molar-refractivity contribution is -0.135. The summed E-state index contributed by atoms with van der Waals surface area (Å²) in [5.41, 5.74) is 0.653. The number of ether oxygens (including phenoxy) is 1. The zero-order valence-electron chi connectivity index (χ0n) is 11.1. The van der Waals surface area contributed by atoms with Gasteiger partial charge >= 0.3 is 5.97 Å². The Morgan fingerprint density at radius 1 is 1.31 bits per heavy atom. The molecular formula is C14H24O2. The van der Waals surface area contributed by atoms with E-state index in [1.165, 1.54) is 13.5 Å². The predicted molar refractivity (Wildman–Crippen MR) is 68.1 cm³/mol. The van der Waals surface area contributed by atoms with Crippen molar-refractivity contribution < 1.29 is 9.53 Å². The van der Waals surface area contributed by atoms with Crippen LogP contribution in [-0.2, 0) is 9.53 Å². The first kappa shape index (κ1) is 14.9. The molecule has 0 N–H and O–H groups in total. The molecule has 0 aromatic rings. The minimum absolute atomic E-state index is 0.255. The van der Waals surface area contributed by atoms with E-state index >= 15 is 0 Å². The van der Waals surface area contributed by atoms with Crippen LogP contribution in [0.25, 0.3) is 0 Å². The van der Waals surface area contributed by atoms with Crippen molar-refractivity contribution in [1.82, 2.24) is 0 Å². The highest BCUT2D eigenvalue weighted by molar-refractivity contribution is 5.91. The van der Waals surface area contributed by atoms with Gasteiger partial charge in [0.25, 0.3) is 0 Å². The second-order valence-electron chi connectivity index (χ2n) is 4.62. The van der Waals surface area contributed by atoms with Crippen LogP contribution in [0.15, 0.2) is 23.8 Å². The molecule has 1 atom stereocenters. The van der Waals surface area contributed by atoms with Gasteiger partial charge < -0.3 is 4.74 Å². The molecule has 0 aliphatic heterocycles. The molecule has 0 heterocycles. The van der Waals surface area contributed by atoms with Crippen LogP contribution >= 0.6 is 0 Å². The molecule has 0 aliphatic rings. The number of methoxy groups -OCH3 is 1. The van der Waals surface area contributed by atoms with Crippen molar-refractivity contribution in [2.75, 3.05) is 7.11 Å². The molecule has 0 aromatic heterocycles. The number of rotatable bonds is 6. The van der Waals surface area contributed by atoms with Gasteiger partial charge in [0, 0.05) is 0 Å². The Morgan fingerprint density at radius 3 is 2.38 bits per heavy atom. The van der Waals surface area contributed by atoms with Crippen LogP contribution < -0.4 is 0 Å². The lowest BCUT2D eigenvalue weighted by Gasteiger charge is -2.11. The van der Waals surface area contributed by atoms with E-state index in [9.17, 15) is 4.79 Å². The average molecular weight is 224 g/mol. The Labute approximate surface area is 99.4 Å². The summed E-state index contributed by atoms with van der Waals surface area (Å²) in [5.74, 6) is 1.05. The normalized spacial score (nSPS) is 14.5. The molecule has 2 heteroatoms. The monoisotopic (exact) mass is 224 g/mol. The number of carbonyl (C=O) groups excluding carboxylic acids is 1. The fourth-order valence-corrected chi connectivity index (χ4v) is 1.75. The predicted octanol–water partition coefficient (Wildman–Crippen LogP) is 3.73. The quantitative estimate of drug-likeness (QED) is 0.390. The summed E-state index contributed by atoms with van der Waals surface area (Å²) in [6.07, 6.45) is 7.73. The number of carbonyl (C=O) groups is 1. The second kappa shape index (κ2) is 8.14. The number of allylic oxidation sites excluding steroid dienone is 2. The maximum atomic E-state index is 11.4. The number of hydrogen-bond acceptors (Lipinski definition) is 2. The first-order valence-electron chi connectivity index (χ1n) is 5.92. The molecule has 0 rings (SSSR count). The second-order valence-corrected chi connectivity index (χ2v) is 4.62. The summed E-state index contributed by atoms with van der Waals surface area (Å²) in [6.45, 7) is 8.54.